The number of carboxylic acid groups (broad SMARTS) is 1. The maximum absolute atomic E-state index is 13.7. The van der Waals surface area contributed by atoms with E-state index in [2.05, 4.69) is 30.0 Å². The summed E-state index contributed by atoms with van der Waals surface area (Å²) in [5.41, 5.74) is 6.72. The Bertz CT molecular complexity index is 2190. The van der Waals surface area contributed by atoms with E-state index in [1.165, 1.54) is 11.8 Å². The van der Waals surface area contributed by atoms with Gasteiger partial charge in [0.2, 0.25) is 16.7 Å². The summed E-state index contributed by atoms with van der Waals surface area (Å²) >= 11 is 2.03. The van der Waals surface area contributed by atoms with Gasteiger partial charge in [-0.1, -0.05) is 96.2 Å². The minimum Gasteiger partial charge on any atom is -0.543 e. The first-order chi connectivity index (χ1) is 27.1. The Morgan fingerprint density at radius 3 is 2.20 bits per heavy atom. The summed E-state index contributed by atoms with van der Waals surface area (Å²) in [6.07, 6.45) is 1.61. The lowest BCUT2D eigenvalue weighted by Crippen LogP contribution is -2.71. The highest BCUT2D eigenvalue weighted by molar-refractivity contribution is 8.00. The number of alkyl halides is 2. The highest BCUT2D eigenvalue weighted by Crippen LogP contribution is 2.42. The molecule has 3 aromatic carbocycles. The molecule has 2 aliphatic heterocycles. The van der Waals surface area contributed by atoms with Crippen LogP contribution in [0.25, 0.3) is 0 Å². The molecule has 2 amide bonds. The lowest BCUT2D eigenvalue weighted by molar-refractivity contribution is -0.767. The zero-order chi connectivity index (χ0) is 39.4. The monoisotopic (exact) mass is 801 g/mol. The van der Waals surface area contributed by atoms with Crippen LogP contribution in [-0.2, 0) is 37.8 Å². The lowest BCUT2D eigenvalue weighted by atomic mass is 9.77. The van der Waals surface area contributed by atoms with Crippen molar-refractivity contribution in [2.75, 3.05) is 23.4 Å². The average Bonchev–Trinajstić information content (AvgIpc) is 3.82. The third kappa shape index (κ3) is 7.30. The third-order valence-electron chi connectivity index (χ3n) is 9.21. The predicted octanol–water partition coefficient (Wildman–Crippen LogP) is 1.65. The molecular weight excluding hydrogens is 769 g/mol. The molecule has 0 aliphatic carbocycles. The minimum absolute atomic E-state index is 0.0226. The number of fused-ring (bicyclic) bond motifs is 1. The first-order valence-corrected chi connectivity index (χ1v) is 18.9. The van der Waals surface area contributed by atoms with E-state index in [4.69, 9.17) is 5.73 Å². The number of carboxylic acids is 1. The van der Waals surface area contributed by atoms with E-state index in [1.54, 1.807) is 21.6 Å². The van der Waals surface area contributed by atoms with Crippen molar-refractivity contribution in [3.63, 3.8) is 0 Å². The number of aliphatic hydroxyl groups is 1. The van der Waals surface area contributed by atoms with Crippen LogP contribution in [-0.4, -0.2) is 77.9 Å². The van der Waals surface area contributed by atoms with Crippen LogP contribution in [0.15, 0.2) is 120 Å². The second kappa shape index (κ2) is 16.3. The third-order valence-corrected chi connectivity index (χ3v) is 11.2. The molecule has 7 rings (SSSR count). The Morgan fingerprint density at radius 1 is 1.04 bits per heavy atom. The summed E-state index contributed by atoms with van der Waals surface area (Å²) in [6.45, 7) is -3.44. The molecule has 0 bridgehead atoms. The zero-order valence-corrected chi connectivity index (χ0v) is 30.8. The van der Waals surface area contributed by atoms with Gasteiger partial charge in [-0.25, -0.2) is 0 Å². The molecule has 288 valence electrons. The van der Waals surface area contributed by atoms with Gasteiger partial charge in [0.1, 0.15) is 23.5 Å². The molecule has 5 aromatic rings. The van der Waals surface area contributed by atoms with Crippen molar-refractivity contribution in [3.8, 4) is 0 Å². The van der Waals surface area contributed by atoms with Gasteiger partial charge >= 0.3 is 6.61 Å². The van der Waals surface area contributed by atoms with Crippen LogP contribution in [0.5, 0.6) is 0 Å². The van der Waals surface area contributed by atoms with Crippen LogP contribution in [0.4, 0.5) is 19.7 Å². The van der Waals surface area contributed by atoms with Crippen molar-refractivity contribution < 1.29 is 42.9 Å². The number of amides is 2. The number of rotatable bonds is 15. The van der Waals surface area contributed by atoms with E-state index >= 15 is 0 Å². The number of nitrogen functional groups attached to an aromatic ring is 1. The van der Waals surface area contributed by atoms with Crippen molar-refractivity contribution in [3.05, 3.63) is 137 Å². The number of aliphatic carboxylic acids is 1. The molecule has 2 atom stereocenters. The van der Waals surface area contributed by atoms with Crippen LogP contribution in [0, 0.1) is 0 Å². The van der Waals surface area contributed by atoms with Crippen molar-refractivity contribution in [1.29, 1.82) is 0 Å². The van der Waals surface area contributed by atoms with Gasteiger partial charge in [0.15, 0.2) is 18.6 Å². The molecule has 4 heterocycles. The molecule has 0 radical (unpaired) electrons. The maximum atomic E-state index is 13.7. The van der Waals surface area contributed by atoms with Crippen LogP contribution in [0.2, 0.25) is 0 Å². The molecule has 0 saturated carbocycles. The quantitative estimate of drug-likeness (QED) is 0.0394. The Labute approximate surface area is 326 Å². The first-order valence-electron chi connectivity index (χ1n) is 17.1. The molecule has 56 heavy (non-hydrogen) atoms. The van der Waals surface area contributed by atoms with Crippen LogP contribution >= 0.6 is 23.3 Å². The number of aromatic nitrogens is 4. The normalized spacial score (nSPS) is 17.0. The number of thioether (sulfide) groups is 1. The van der Waals surface area contributed by atoms with Crippen LogP contribution in [0.1, 0.15) is 22.5 Å². The fourth-order valence-electron chi connectivity index (χ4n) is 6.75. The summed E-state index contributed by atoms with van der Waals surface area (Å²) in [6, 6.07) is 29.0. The molecule has 2 aliphatic rings. The molecule has 1 saturated heterocycles. The Hall–Kier alpha value is -6.18. The largest absolute Gasteiger partial charge is 0.543 e. The van der Waals surface area contributed by atoms with Crippen molar-refractivity contribution in [1.82, 2.24) is 24.3 Å². The van der Waals surface area contributed by atoms with Gasteiger partial charge in [0, 0.05) is 22.9 Å². The van der Waals surface area contributed by atoms with Crippen LogP contribution in [0.3, 0.4) is 0 Å². The van der Waals surface area contributed by atoms with E-state index in [-0.39, 0.29) is 42.1 Å². The Kier molecular flexibility index (Phi) is 11.1. The van der Waals surface area contributed by atoms with E-state index in [1.807, 2.05) is 91.0 Å². The van der Waals surface area contributed by atoms with Crippen molar-refractivity contribution in [2.24, 2.45) is 5.16 Å². The number of hydrogen-bond donors (Lipinski definition) is 4. The van der Waals surface area contributed by atoms with E-state index in [0.717, 1.165) is 33.1 Å². The topological polar surface area (TPSA) is 204 Å². The molecule has 0 unspecified atom stereocenters. The highest BCUT2D eigenvalue weighted by Gasteiger charge is 2.53. The number of oxime groups is 1. The number of nitrogens with two attached hydrogens (primary N) is 1. The summed E-state index contributed by atoms with van der Waals surface area (Å²) in [7, 11) is 0. The smallest absolute Gasteiger partial charge is 0.407 e. The summed E-state index contributed by atoms with van der Waals surface area (Å²) in [4.78, 5) is 49.3. The first kappa shape index (κ1) is 38.1. The fraction of sp³-hybridized carbons (Fsp3) is 0.216. The van der Waals surface area contributed by atoms with E-state index in [0.29, 0.717) is 11.4 Å². The van der Waals surface area contributed by atoms with Gasteiger partial charge in [0.05, 0.1) is 24.3 Å². The average molecular weight is 802 g/mol. The summed E-state index contributed by atoms with van der Waals surface area (Å²) in [5, 5.41) is 30.5. The standard InChI is InChI=1S/C37H33F2N9O6S2/c38-35(39)54-44-27(31(50)41-28-32(51)48-29(34(52)53)22(21-55-33(28)48)20-46-17-16-26(40)47(46)18-19-49)30-42-36(56-45-30)43-37(23-10-4-1-5-11-23,24-12-6-2-7-13-24)25-14-8-3-9-15-25/h1-17,28,33,35,40,49H,18-21H2,(H3,41,42,43,45,50,52,53)/t28-,33-/m1/s1. The van der Waals surface area contributed by atoms with Crippen LogP contribution < -0.4 is 26.2 Å². The Balaban J connectivity index is 1.16. The number of aliphatic hydroxyl groups excluding tert-OH is 1. The number of halogens is 2. The molecule has 5 N–H and O–H groups in total. The SMILES string of the molecule is Nc1cc[n+](CC2=C(C(=O)[O-])N3C(=O)[C@@H](NC(=O)C(=NOC(F)F)c4nsc(NC(c5ccccc5)(c5ccccc5)c5ccccc5)n4)[C@H]3SC2)n1CCO. The van der Waals surface area contributed by atoms with Gasteiger partial charge in [-0.2, -0.15) is 18.1 Å². The number of nitrogens with zero attached hydrogens (tertiary/aromatic N) is 6. The summed E-state index contributed by atoms with van der Waals surface area (Å²) in [5.74, 6) is -3.37. The molecule has 15 nitrogen and oxygen atoms in total. The Morgan fingerprint density at radius 2 is 1.64 bits per heavy atom. The predicted molar refractivity (Wildman–Crippen MR) is 200 cm³/mol. The second-order valence-corrected chi connectivity index (χ2v) is 14.3. The number of carbonyl (C=O) groups excluding carboxylic acids is 3. The summed E-state index contributed by atoms with van der Waals surface area (Å²) < 4.78 is 34.0. The highest BCUT2D eigenvalue weighted by atomic mass is 32.2. The van der Waals surface area contributed by atoms with E-state index in [9.17, 15) is 33.4 Å². The number of anilines is 2. The van der Waals surface area contributed by atoms with E-state index < -0.39 is 47.1 Å². The second-order valence-electron chi connectivity index (χ2n) is 12.5. The van der Waals surface area contributed by atoms with Crippen molar-refractivity contribution in [2.45, 2.75) is 36.7 Å². The fourth-order valence-corrected chi connectivity index (χ4v) is 8.72. The lowest BCUT2D eigenvalue weighted by Gasteiger charge is -2.50. The number of nitrogens with one attached hydrogen (secondary N) is 2. The number of hydrogen-bond acceptors (Lipinski definition) is 13. The molecule has 19 heteroatoms. The van der Waals surface area contributed by atoms with Gasteiger partial charge in [0.25, 0.3) is 11.8 Å². The number of β-lactam (4-membered cyclic amide) rings is 1. The molecule has 0 spiro atoms. The number of benzene rings is 3. The van der Waals surface area contributed by atoms with Gasteiger partial charge < -0.3 is 36.2 Å². The zero-order valence-electron chi connectivity index (χ0n) is 29.2. The molecule has 2 aromatic heterocycles. The van der Waals surface area contributed by atoms with Gasteiger partial charge in [-0.3, -0.25) is 14.5 Å². The van der Waals surface area contributed by atoms with Gasteiger partial charge in [-0.15, -0.1) is 21.1 Å². The van der Waals surface area contributed by atoms with Gasteiger partial charge in [-0.05, 0) is 16.7 Å². The van der Waals surface area contributed by atoms with Crippen molar-refractivity contribution >= 4 is 57.7 Å². The number of carbonyl (C=O) groups is 3. The maximum Gasteiger partial charge on any atom is 0.407 e. The minimum atomic E-state index is -3.40. The molecule has 1 fully saturated rings. The molecular formula is C37H33F2N9O6S2.